The van der Waals surface area contributed by atoms with Gasteiger partial charge in [0.2, 0.25) is 0 Å². The molecule has 0 aliphatic carbocycles. The van der Waals surface area contributed by atoms with E-state index in [9.17, 15) is 19.2 Å². The molecule has 2 heterocycles. The number of nitrogens with zero attached hydrogens (tertiary/aromatic N) is 2. The fraction of sp³-hybridized carbons (Fsp3) is 0.556. The summed E-state index contributed by atoms with van der Waals surface area (Å²) in [6, 6.07) is 0. The summed E-state index contributed by atoms with van der Waals surface area (Å²) in [4.78, 5) is 48.8. The van der Waals surface area contributed by atoms with Crippen LogP contribution in [0.5, 0.6) is 0 Å². The first-order valence-corrected chi connectivity index (χ1v) is 8.65. The van der Waals surface area contributed by atoms with Gasteiger partial charge in [-0.2, -0.15) is 0 Å². The minimum absolute atomic E-state index is 0.237. The van der Waals surface area contributed by atoms with Crippen LogP contribution < -0.4 is 0 Å². The highest BCUT2D eigenvalue weighted by Gasteiger charge is 2.28. The topological polar surface area (TPSA) is 93.2 Å². The molecule has 0 saturated heterocycles. The lowest BCUT2D eigenvalue weighted by Crippen LogP contribution is -2.32. The number of carbonyl (C=O) groups is 4. The second-order valence-corrected chi connectivity index (χ2v) is 6.18. The zero-order chi connectivity index (χ0) is 19.1. The first kappa shape index (κ1) is 20.0. The molecule has 8 heteroatoms. The summed E-state index contributed by atoms with van der Waals surface area (Å²) in [5, 5.41) is 0. The highest BCUT2D eigenvalue weighted by Crippen LogP contribution is 2.12. The van der Waals surface area contributed by atoms with Gasteiger partial charge in [0.15, 0.2) is 0 Å². The second kappa shape index (κ2) is 9.40. The van der Waals surface area contributed by atoms with E-state index in [0.717, 1.165) is 0 Å². The van der Waals surface area contributed by atoms with Crippen LogP contribution in [0.25, 0.3) is 0 Å². The van der Waals surface area contributed by atoms with Gasteiger partial charge in [0.25, 0.3) is 23.6 Å². The molecule has 8 nitrogen and oxygen atoms in total. The molecule has 2 aliphatic heterocycles. The van der Waals surface area contributed by atoms with E-state index in [-0.39, 0.29) is 23.6 Å². The molecule has 0 saturated carbocycles. The lowest BCUT2D eigenvalue weighted by Gasteiger charge is -2.15. The van der Waals surface area contributed by atoms with E-state index < -0.39 is 0 Å². The van der Waals surface area contributed by atoms with Crippen molar-refractivity contribution in [1.82, 2.24) is 9.80 Å². The molecule has 2 aliphatic rings. The monoisotopic (exact) mass is 364 g/mol. The Morgan fingerprint density at radius 1 is 0.692 bits per heavy atom. The third-order valence-electron chi connectivity index (χ3n) is 4.09. The van der Waals surface area contributed by atoms with Crippen molar-refractivity contribution in [3.63, 3.8) is 0 Å². The van der Waals surface area contributed by atoms with Crippen LogP contribution in [0, 0.1) is 0 Å². The van der Waals surface area contributed by atoms with Crippen LogP contribution in [0.4, 0.5) is 0 Å². The van der Waals surface area contributed by atoms with Gasteiger partial charge < -0.3 is 9.47 Å². The predicted octanol–water partition coefficient (Wildman–Crippen LogP) is 0.430. The molecule has 0 aromatic carbocycles. The van der Waals surface area contributed by atoms with E-state index >= 15 is 0 Å². The van der Waals surface area contributed by atoms with Gasteiger partial charge in [-0.3, -0.25) is 29.0 Å². The summed E-state index contributed by atoms with van der Waals surface area (Å²) in [6.45, 7) is 5.61. The zero-order valence-corrected chi connectivity index (χ0v) is 15.2. The van der Waals surface area contributed by atoms with E-state index in [4.69, 9.17) is 9.47 Å². The number of rotatable bonds is 11. The Morgan fingerprint density at radius 3 is 1.38 bits per heavy atom. The molecule has 0 aromatic rings. The van der Waals surface area contributed by atoms with Gasteiger partial charge in [-0.05, 0) is 26.7 Å². The zero-order valence-electron chi connectivity index (χ0n) is 15.2. The first-order valence-electron chi connectivity index (χ1n) is 8.65. The molecule has 0 aromatic heterocycles. The van der Waals surface area contributed by atoms with Crippen molar-refractivity contribution in [2.24, 2.45) is 0 Å². The van der Waals surface area contributed by atoms with Crippen molar-refractivity contribution in [2.45, 2.75) is 26.7 Å². The van der Waals surface area contributed by atoms with Crippen molar-refractivity contribution < 1.29 is 28.7 Å². The van der Waals surface area contributed by atoms with Crippen LogP contribution in [0.2, 0.25) is 0 Å². The molecule has 26 heavy (non-hydrogen) atoms. The van der Waals surface area contributed by atoms with Gasteiger partial charge in [-0.25, -0.2) is 0 Å². The van der Waals surface area contributed by atoms with E-state index in [2.05, 4.69) is 0 Å². The lowest BCUT2D eigenvalue weighted by atomic mass is 10.3. The summed E-state index contributed by atoms with van der Waals surface area (Å²) >= 11 is 0. The Kier molecular flexibility index (Phi) is 7.23. The highest BCUT2D eigenvalue weighted by atomic mass is 16.5. The molecule has 0 fully saturated rings. The van der Waals surface area contributed by atoms with E-state index in [0.29, 0.717) is 63.5 Å². The van der Waals surface area contributed by atoms with Gasteiger partial charge in [0.1, 0.15) is 0 Å². The standard InChI is InChI=1S/C18H24N2O6/c1-13-11-15(21)19(17(13)23)5-3-7-25-9-10-26-8-4-6-20-16(22)12-14(2)18(20)24/h11-12H,3-10H2,1-2H3. The third-order valence-corrected chi connectivity index (χ3v) is 4.09. The average Bonchev–Trinajstić information content (AvgIpc) is 2.98. The summed E-state index contributed by atoms with van der Waals surface area (Å²) in [7, 11) is 0. The van der Waals surface area contributed by atoms with E-state index in [1.165, 1.54) is 22.0 Å². The van der Waals surface area contributed by atoms with E-state index in [1.54, 1.807) is 13.8 Å². The SMILES string of the molecule is CC1=CC(=O)N(CCCOCCOCCCN2C(=O)C=C(C)C2=O)C1=O. The smallest absolute Gasteiger partial charge is 0.256 e. The number of imide groups is 2. The summed E-state index contributed by atoms with van der Waals surface area (Å²) in [5.74, 6) is -1.01. The third kappa shape index (κ3) is 5.09. The van der Waals surface area contributed by atoms with Gasteiger partial charge in [-0.1, -0.05) is 0 Å². The van der Waals surface area contributed by atoms with Crippen molar-refractivity contribution in [1.29, 1.82) is 0 Å². The van der Waals surface area contributed by atoms with Crippen LogP contribution in [0.15, 0.2) is 23.3 Å². The number of carbonyl (C=O) groups excluding carboxylic acids is 4. The first-order chi connectivity index (χ1) is 12.4. The van der Waals surface area contributed by atoms with Crippen molar-refractivity contribution in [3.05, 3.63) is 23.3 Å². The maximum atomic E-state index is 11.7. The fourth-order valence-corrected chi connectivity index (χ4v) is 2.67. The fourth-order valence-electron chi connectivity index (χ4n) is 2.67. The maximum absolute atomic E-state index is 11.7. The molecule has 0 radical (unpaired) electrons. The largest absolute Gasteiger partial charge is 0.379 e. The normalized spacial score (nSPS) is 17.5. The number of ether oxygens (including phenoxy) is 2. The molecular formula is C18H24N2O6. The second-order valence-electron chi connectivity index (χ2n) is 6.18. The Bertz CT molecular complexity index is 596. The molecule has 2 rings (SSSR count). The molecule has 0 spiro atoms. The van der Waals surface area contributed by atoms with Gasteiger partial charge >= 0.3 is 0 Å². The molecule has 142 valence electrons. The summed E-state index contributed by atoms with van der Waals surface area (Å²) in [6.07, 6.45) is 3.84. The molecular weight excluding hydrogens is 340 g/mol. The summed E-state index contributed by atoms with van der Waals surface area (Å²) < 4.78 is 10.8. The predicted molar refractivity (Wildman–Crippen MR) is 91.8 cm³/mol. The number of hydrogen-bond donors (Lipinski definition) is 0. The van der Waals surface area contributed by atoms with Gasteiger partial charge in [0, 0.05) is 49.6 Å². The van der Waals surface area contributed by atoms with Gasteiger partial charge in [-0.15, -0.1) is 0 Å². The van der Waals surface area contributed by atoms with Crippen molar-refractivity contribution in [2.75, 3.05) is 39.5 Å². The molecule has 0 unspecified atom stereocenters. The van der Waals surface area contributed by atoms with Crippen LogP contribution in [-0.4, -0.2) is 72.9 Å². The van der Waals surface area contributed by atoms with Crippen LogP contribution in [-0.2, 0) is 28.7 Å². The van der Waals surface area contributed by atoms with Crippen LogP contribution >= 0.6 is 0 Å². The summed E-state index contributed by atoms with van der Waals surface area (Å²) in [5.41, 5.74) is 0.931. The molecule has 0 atom stereocenters. The molecule has 4 amide bonds. The average molecular weight is 364 g/mol. The maximum Gasteiger partial charge on any atom is 0.256 e. The van der Waals surface area contributed by atoms with Crippen molar-refractivity contribution >= 4 is 23.6 Å². The Hall–Kier alpha value is -2.32. The molecule has 0 bridgehead atoms. The van der Waals surface area contributed by atoms with Crippen LogP contribution in [0.3, 0.4) is 0 Å². The lowest BCUT2D eigenvalue weighted by molar-refractivity contribution is -0.139. The Morgan fingerprint density at radius 2 is 1.08 bits per heavy atom. The Labute approximate surface area is 152 Å². The Balaban J connectivity index is 1.43. The number of hydrogen-bond acceptors (Lipinski definition) is 6. The van der Waals surface area contributed by atoms with Crippen LogP contribution in [0.1, 0.15) is 26.7 Å². The van der Waals surface area contributed by atoms with Crippen molar-refractivity contribution in [3.8, 4) is 0 Å². The van der Waals surface area contributed by atoms with Gasteiger partial charge in [0.05, 0.1) is 13.2 Å². The minimum Gasteiger partial charge on any atom is -0.379 e. The molecule has 0 N–H and O–H groups in total. The quantitative estimate of drug-likeness (QED) is 0.390. The van der Waals surface area contributed by atoms with E-state index in [1.807, 2.05) is 0 Å². The minimum atomic E-state index is -0.267. The number of amides is 4. The highest BCUT2D eigenvalue weighted by molar-refractivity contribution is 6.16.